The summed E-state index contributed by atoms with van der Waals surface area (Å²) >= 11 is 4.66. The van der Waals surface area contributed by atoms with Gasteiger partial charge in [-0.15, -0.1) is 0 Å². The van der Waals surface area contributed by atoms with E-state index in [0.29, 0.717) is 22.0 Å². The van der Waals surface area contributed by atoms with Crippen LogP contribution in [0.2, 0.25) is 0 Å². The van der Waals surface area contributed by atoms with Gasteiger partial charge in [-0.25, -0.2) is 9.78 Å². The predicted molar refractivity (Wildman–Crippen MR) is 111 cm³/mol. The number of nitrogens with zero attached hydrogens (tertiary/aromatic N) is 1. The number of furan rings is 1. The standard InChI is InChI=1S/C20H13BrN2O4S/c1-26-19(25)12-4-7-14-17(10-12)28-20(22-14)23-18(24)16-9-8-15(27-16)11-2-5-13(21)6-3-11/h2-10H,1H3,(H,22,23,24). The second-order valence-electron chi connectivity index (χ2n) is 5.82. The van der Waals surface area contributed by atoms with E-state index in [1.807, 2.05) is 24.3 Å². The fraction of sp³-hybridized carbons (Fsp3) is 0.0500. The van der Waals surface area contributed by atoms with Gasteiger partial charge in [-0.1, -0.05) is 39.4 Å². The fourth-order valence-corrected chi connectivity index (χ4v) is 3.78. The zero-order valence-electron chi connectivity index (χ0n) is 14.6. The summed E-state index contributed by atoms with van der Waals surface area (Å²) in [6.45, 7) is 0. The van der Waals surface area contributed by atoms with E-state index in [1.54, 1.807) is 30.3 Å². The number of anilines is 1. The lowest BCUT2D eigenvalue weighted by Gasteiger charge is -1.99. The summed E-state index contributed by atoms with van der Waals surface area (Å²) in [5.74, 6) is -0.0235. The predicted octanol–water partition coefficient (Wildman–Crippen LogP) is 5.36. The topological polar surface area (TPSA) is 81.4 Å². The smallest absolute Gasteiger partial charge is 0.337 e. The Balaban J connectivity index is 1.53. The number of halogens is 1. The fourth-order valence-electron chi connectivity index (χ4n) is 2.61. The van der Waals surface area contributed by atoms with Crippen LogP contribution in [0.4, 0.5) is 5.13 Å². The molecule has 0 saturated carbocycles. The van der Waals surface area contributed by atoms with Gasteiger partial charge in [0.2, 0.25) is 0 Å². The number of benzene rings is 2. The molecule has 2 aromatic carbocycles. The number of amides is 1. The van der Waals surface area contributed by atoms with Gasteiger partial charge >= 0.3 is 5.97 Å². The molecular weight excluding hydrogens is 444 g/mol. The molecule has 0 radical (unpaired) electrons. The van der Waals surface area contributed by atoms with Crippen LogP contribution < -0.4 is 5.32 Å². The van der Waals surface area contributed by atoms with Crippen molar-refractivity contribution in [1.82, 2.24) is 4.98 Å². The lowest BCUT2D eigenvalue weighted by Crippen LogP contribution is -2.10. The summed E-state index contributed by atoms with van der Waals surface area (Å²) in [5.41, 5.74) is 1.99. The van der Waals surface area contributed by atoms with E-state index in [9.17, 15) is 9.59 Å². The molecule has 1 amide bonds. The minimum Gasteiger partial charge on any atom is -0.465 e. The van der Waals surface area contributed by atoms with Gasteiger partial charge in [-0.3, -0.25) is 10.1 Å². The molecule has 4 rings (SSSR count). The van der Waals surface area contributed by atoms with Gasteiger partial charge in [-0.05, 0) is 42.5 Å². The van der Waals surface area contributed by atoms with E-state index < -0.39 is 11.9 Å². The number of hydrogen-bond acceptors (Lipinski definition) is 6. The van der Waals surface area contributed by atoms with Crippen molar-refractivity contribution >= 4 is 54.5 Å². The van der Waals surface area contributed by atoms with E-state index in [1.165, 1.54) is 18.4 Å². The minimum absolute atomic E-state index is 0.187. The van der Waals surface area contributed by atoms with Crippen LogP contribution in [0.15, 0.2) is 63.5 Å². The van der Waals surface area contributed by atoms with E-state index in [-0.39, 0.29) is 5.76 Å². The lowest BCUT2D eigenvalue weighted by atomic mass is 10.2. The molecule has 8 heteroatoms. The second-order valence-corrected chi connectivity index (χ2v) is 7.76. The van der Waals surface area contributed by atoms with Gasteiger partial charge in [0.15, 0.2) is 10.9 Å². The number of thiazole rings is 1. The van der Waals surface area contributed by atoms with Crippen LogP contribution in [0.3, 0.4) is 0 Å². The van der Waals surface area contributed by atoms with E-state index in [2.05, 4.69) is 26.2 Å². The molecule has 1 N–H and O–H groups in total. The highest BCUT2D eigenvalue weighted by Gasteiger charge is 2.15. The Morgan fingerprint density at radius 2 is 1.89 bits per heavy atom. The molecule has 0 aliphatic carbocycles. The number of nitrogens with one attached hydrogen (secondary N) is 1. The van der Waals surface area contributed by atoms with Crippen molar-refractivity contribution < 1.29 is 18.7 Å². The first kappa shape index (κ1) is 18.4. The average Bonchev–Trinajstić information content (AvgIpc) is 3.34. The summed E-state index contributed by atoms with van der Waals surface area (Å²) < 4.78 is 12.1. The summed E-state index contributed by atoms with van der Waals surface area (Å²) in [4.78, 5) is 28.5. The van der Waals surface area contributed by atoms with Crippen LogP contribution in [0.25, 0.3) is 21.5 Å². The number of carbonyl (C=O) groups is 2. The summed E-state index contributed by atoms with van der Waals surface area (Å²) in [6.07, 6.45) is 0. The Morgan fingerprint density at radius 1 is 1.11 bits per heavy atom. The molecule has 0 bridgehead atoms. The molecule has 0 unspecified atom stereocenters. The van der Waals surface area contributed by atoms with Crippen molar-refractivity contribution in [2.45, 2.75) is 0 Å². The Labute approximate surface area is 172 Å². The summed E-state index contributed by atoms with van der Waals surface area (Å²) in [7, 11) is 1.33. The van der Waals surface area contributed by atoms with Crippen molar-refractivity contribution in [2.75, 3.05) is 12.4 Å². The number of aromatic nitrogens is 1. The third-order valence-electron chi connectivity index (χ3n) is 3.99. The van der Waals surface area contributed by atoms with E-state index in [0.717, 1.165) is 14.7 Å². The van der Waals surface area contributed by atoms with Gasteiger partial charge in [0.25, 0.3) is 5.91 Å². The van der Waals surface area contributed by atoms with Crippen molar-refractivity contribution in [2.24, 2.45) is 0 Å². The average molecular weight is 457 g/mol. The zero-order valence-corrected chi connectivity index (χ0v) is 17.0. The van der Waals surface area contributed by atoms with Crippen LogP contribution in [0.1, 0.15) is 20.9 Å². The monoisotopic (exact) mass is 456 g/mol. The molecular formula is C20H13BrN2O4S. The van der Waals surface area contributed by atoms with Crippen molar-refractivity contribution in [3.8, 4) is 11.3 Å². The molecule has 2 heterocycles. The highest BCUT2D eigenvalue weighted by Crippen LogP contribution is 2.28. The highest BCUT2D eigenvalue weighted by molar-refractivity contribution is 9.10. The molecule has 140 valence electrons. The molecule has 0 spiro atoms. The maximum atomic E-state index is 12.5. The minimum atomic E-state index is -0.419. The molecule has 2 aromatic heterocycles. The van der Waals surface area contributed by atoms with Crippen molar-refractivity contribution in [3.63, 3.8) is 0 Å². The van der Waals surface area contributed by atoms with Crippen LogP contribution >= 0.6 is 27.3 Å². The number of ether oxygens (including phenoxy) is 1. The van der Waals surface area contributed by atoms with Crippen LogP contribution in [-0.4, -0.2) is 24.0 Å². The summed E-state index contributed by atoms with van der Waals surface area (Å²) in [6, 6.07) is 16.0. The van der Waals surface area contributed by atoms with Gasteiger partial charge in [-0.2, -0.15) is 0 Å². The molecule has 0 aliphatic heterocycles. The number of fused-ring (bicyclic) bond motifs is 1. The maximum Gasteiger partial charge on any atom is 0.337 e. The van der Waals surface area contributed by atoms with Crippen molar-refractivity contribution in [3.05, 3.63) is 70.4 Å². The largest absolute Gasteiger partial charge is 0.465 e. The molecule has 0 saturated heterocycles. The van der Waals surface area contributed by atoms with Crippen LogP contribution in [-0.2, 0) is 4.74 Å². The lowest BCUT2D eigenvalue weighted by molar-refractivity contribution is 0.0601. The maximum absolute atomic E-state index is 12.5. The number of hydrogen-bond donors (Lipinski definition) is 1. The Kier molecular flexibility index (Phi) is 4.97. The first-order valence-corrected chi connectivity index (χ1v) is 9.80. The first-order chi connectivity index (χ1) is 13.5. The number of methoxy groups -OCH3 is 1. The quantitative estimate of drug-likeness (QED) is 0.418. The normalized spacial score (nSPS) is 10.8. The Bertz CT molecular complexity index is 1180. The molecule has 0 aliphatic rings. The number of carbonyl (C=O) groups excluding carboxylic acids is 2. The first-order valence-electron chi connectivity index (χ1n) is 8.19. The molecule has 4 aromatic rings. The Morgan fingerprint density at radius 3 is 2.64 bits per heavy atom. The van der Waals surface area contributed by atoms with Gasteiger partial charge in [0, 0.05) is 10.0 Å². The van der Waals surface area contributed by atoms with Gasteiger partial charge < -0.3 is 9.15 Å². The molecule has 28 heavy (non-hydrogen) atoms. The van der Waals surface area contributed by atoms with Gasteiger partial charge in [0.1, 0.15) is 5.76 Å². The molecule has 6 nitrogen and oxygen atoms in total. The second kappa shape index (κ2) is 7.57. The Hall–Kier alpha value is -2.97. The van der Waals surface area contributed by atoms with E-state index in [4.69, 9.17) is 9.15 Å². The van der Waals surface area contributed by atoms with Gasteiger partial charge in [0.05, 0.1) is 22.9 Å². The zero-order chi connectivity index (χ0) is 19.7. The van der Waals surface area contributed by atoms with Crippen LogP contribution in [0, 0.1) is 0 Å². The van der Waals surface area contributed by atoms with Crippen LogP contribution in [0.5, 0.6) is 0 Å². The highest BCUT2D eigenvalue weighted by atomic mass is 79.9. The SMILES string of the molecule is COC(=O)c1ccc2nc(NC(=O)c3ccc(-c4ccc(Br)cc4)o3)sc2c1. The number of esters is 1. The van der Waals surface area contributed by atoms with E-state index >= 15 is 0 Å². The third-order valence-corrected chi connectivity index (χ3v) is 5.45. The third kappa shape index (κ3) is 3.69. The molecule has 0 atom stereocenters. The van der Waals surface area contributed by atoms with Crippen molar-refractivity contribution in [1.29, 1.82) is 0 Å². The number of rotatable bonds is 4. The summed E-state index contributed by atoms with van der Waals surface area (Å²) in [5, 5.41) is 3.16. The molecule has 0 fully saturated rings.